The van der Waals surface area contributed by atoms with Crippen LogP contribution in [0, 0.1) is 13.8 Å². The molecule has 10 aromatic heterocycles. The molecule has 0 bridgehead atoms. The molecule has 0 spiro atoms. The Bertz CT molecular complexity index is 9010. The Morgan fingerprint density at radius 3 is 0.839 bits per heavy atom. The number of fused-ring (bicyclic) bond motifs is 12. The second-order valence-corrected chi connectivity index (χ2v) is 37.3. The minimum Gasteiger partial charge on any atom is -0.309 e. The third-order valence-corrected chi connectivity index (χ3v) is 27.1. The topological polar surface area (TPSA) is 139 Å². The lowest BCUT2D eigenvalue weighted by atomic mass is 9.91. The summed E-state index contributed by atoms with van der Waals surface area (Å²) >= 11 is 0. The van der Waals surface area contributed by atoms with E-state index < -0.39 is 0 Å². The molecule has 0 saturated heterocycles. The highest BCUT2D eigenvalue weighted by molar-refractivity contribution is 7.55. The van der Waals surface area contributed by atoms with Gasteiger partial charge >= 0.3 is 0 Å². The van der Waals surface area contributed by atoms with Crippen LogP contribution in [0.4, 0.5) is 0 Å². The second kappa shape index (κ2) is 42.8. The number of hydrogen-bond acceptors (Lipinski definition) is 10. The van der Waals surface area contributed by atoms with E-state index in [9.17, 15) is 0 Å². The summed E-state index contributed by atoms with van der Waals surface area (Å²) in [7, 11) is 2.45. The van der Waals surface area contributed by atoms with Gasteiger partial charge in [-0.15, -0.1) is 0 Å². The fourth-order valence-corrected chi connectivity index (χ4v) is 20.1. The van der Waals surface area contributed by atoms with Crippen molar-refractivity contribution in [1.82, 2.24) is 59.0 Å². The fraction of sp³-hybridized carbons (Fsp3) is 0.0222. The van der Waals surface area contributed by atoms with E-state index in [0.717, 1.165) is 166 Å². The van der Waals surface area contributed by atoms with Gasteiger partial charge in [0.2, 0.25) is 5.95 Å². The van der Waals surface area contributed by atoms with E-state index >= 15 is 0 Å². The van der Waals surface area contributed by atoms with Gasteiger partial charge in [-0.3, -0.25) is 39.5 Å². The van der Waals surface area contributed by atoms with Crippen LogP contribution < -0.4 is 0 Å². The van der Waals surface area contributed by atoms with Crippen molar-refractivity contribution in [3.05, 3.63) is 534 Å². The lowest BCUT2D eigenvalue weighted by Crippen LogP contribution is -2.06. The number of hydrogen-bond donors (Lipinski definition) is 0. The number of benzene rings is 17. The van der Waals surface area contributed by atoms with E-state index in [0.29, 0.717) is 17.6 Å². The lowest BCUT2D eigenvalue weighted by molar-refractivity contribution is 0.953. The Kier molecular flexibility index (Phi) is 26.9. The minimum absolute atomic E-state index is 0.590. The lowest BCUT2D eigenvalue weighted by Gasteiger charge is -2.14. The maximum atomic E-state index is 5.08. The third-order valence-electron chi connectivity index (χ3n) is 27.1. The highest BCUT2D eigenvalue weighted by atomic mass is 31.0. The Morgan fingerprint density at radius 1 is 0.195 bits per heavy atom. The fourth-order valence-electron chi connectivity index (χ4n) is 20.1. The molecule has 14 heteroatoms. The van der Waals surface area contributed by atoms with Gasteiger partial charge < -0.3 is 4.57 Å². The van der Waals surface area contributed by atoms with Crippen LogP contribution in [-0.2, 0) is 0 Å². The molecule has 27 aromatic rings. The number of aromatic nitrogens is 12. The first-order chi connectivity index (χ1) is 73.6. The molecule has 0 amide bonds. The van der Waals surface area contributed by atoms with Crippen LogP contribution in [0.1, 0.15) is 11.4 Å². The maximum Gasteiger partial charge on any atom is 0.238 e. The molecule has 0 aliphatic carbocycles. The maximum absolute atomic E-state index is 5.08. The van der Waals surface area contributed by atoms with E-state index in [1.165, 1.54) is 71.9 Å². The van der Waals surface area contributed by atoms with Crippen molar-refractivity contribution in [3.63, 3.8) is 0 Å². The van der Waals surface area contributed by atoms with Gasteiger partial charge in [-0.05, 0) is 247 Å². The van der Waals surface area contributed by atoms with Gasteiger partial charge in [0, 0.05) is 138 Å². The number of rotatable bonds is 15. The zero-order valence-corrected chi connectivity index (χ0v) is 83.3. The van der Waals surface area contributed by atoms with Gasteiger partial charge in [-0.25, -0.2) is 4.98 Å². The first-order valence-corrected chi connectivity index (χ1v) is 50.6. The Balaban J connectivity index is 0.000000112. The van der Waals surface area contributed by atoms with Crippen molar-refractivity contribution >= 4 is 103 Å². The first kappa shape index (κ1) is 93.6. The Labute approximate surface area is 867 Å². The predicted molar refractivity (Wildman–Crippen MR) is 624 cm³/mol. The molecule has 12 nitrogen and oxygen atoms in total. The molecule has 1 atom stereocenters. The van der Waals surface area contributed by atoms with Crippen molar-refractivity contribution < 1.29 is 0 Å². The molecule has 0 aliphatic rings. The summed E-state index contributed by atoms with van der Waals surface area (Å²) in [5.41, 5.74) is 38.9. The number of aryl methyl sites for hydroxylation is 2. The van der Waals surface area contributed by atoms with Crippen LogP contribution >= 0.6 is 9.12 Å². The number of para-hydroxylation sites is 3. The first-order valence-electron chi connectivity index (χ1n) is 49.9. The molecule has 27 rings (SSSR count). The van der Waals surface area contributed by atoms with Crippen molar-refractivity contribution in [3.8, 4) is 157 Å². The molecular weight excluding hydrogens is 1830 g/mol. The molecule has 705 valence electrons. The zero-order valence-electron chi connectivity index (χ0n) is 82.2. The van der Waals surface area contributed by atoms with Gasteiger partial charge in [0.15, 0.2) is 11.6 Å². The minimum atomic E-state index is 0.590. The molecule has 0 aliphatic heterocycles. The number of nitrogens with zero attached hydrogens (tertiary/aromatic N) is 12. The summed E-state index contributed by atoms with van der Waals surface area (Å²) < 4.78 is 4.53. The molecule has 0 fully saturated rings. The van der Waals surface area contributed by atoms with E-state index in [2.05, 4.69) is 427 Å². The Morgan fingerprint density at radius 2 is 0.477 bits per heavy atom. The molecule has 1 unspecified atom stereocenters. The highest BCUT2D eigenvalue weighted by Crippen LogP contribution is 2.44. The van der Waals surface area contributed by atoms with Crippen molar-refractivity contribution in [2.45, 2.75) is 20.7 Å². The van der Waals surface area contributed by atoms with E-state index in [1.807, 2.05) is 167 Å². The smallest absolute Gasteiger partial charge is 0.238 e. The second-order valence-electron chi connectivity index (χ2n) is 36.6. The zero-order chi connectivity index (χ0) is 100. The van der Waals surface area contributed by atoms with Crippen molar-refractivity contribution in [1.29, 1.82) is 0 Å². The molecule has 10 heterocycles. The summed E-state index contributed by atoms with van der Waals surface area (Å²) in [6.45, 7) is 7.99. The molecular formula is C135H97BN12P. The van der Waals surface area contributed by atoms with Crippen LogP contribution in [0.15, 0.2) is 523 Å². The van der Waals surface area contributed by atoms with E-state index in [-0.39, 0.29) is 0 Å². The summed E-state index contributed by atoms with van der Waals surface area (Å²) in [6, 6.07) is 166. The van der Waals surface area contributed by atoms with Gasteiger partial charge in [0.25, 0.3) is 0 Å². The number of pyridine rings is 7. The largest absolute Gasteiger partial charge is 0.309 e. The van der Waals surface area contributed by atoms with Gasteiger partial charge in [0.05, 0.1) is 44.1 Å². The van der Waals surface area contributed by atoms with E-state index in [4.69, 9.17) is 24.9 Å². The Hall–Kier alpha value is -19.1. The summed E-state index contributed by atoms with van der Waals surface area (Å²) in [5.74, 6) is 1.87. The monoisotopic (exact) mass is 1930 g/mol. The average molecular weight is 1930 g/mol. The summed E-state index contributed by atoms with van der Waals surface area (Å²) in [6.07, 6.45) is 14.9. The summed E-state index contributed by atoms with van der Waals surface area (Å²) in [5, 5.41) is 9.30. The normalized spacial score (nSPS) is 11.1. The quantitative estimate of drug-likeness (QED) is 0.0554. The summed E-state index contributed by atoms with van der Waals surface area (Å²) in [4.78, 5) is 47.2. The SMILES string of the molecule is C[B]P.Cc1cc(-c2ccccc2)c2ccc3c(-c4ccccc4)cc(C)nc3c2n1.c1ccc(-c2ccnc3c2ccc2c(-c4ccccc4)ccnc23)cc1.c1ccc(-c2nc(-c3ccccc3)nc(-n3c4ccccc4c4cc(-c5ccc6c(c5)c5ccccc5n6-c5ccccc5)ccc43)n2)cc1.c1cncc(-c2cccc(-c3cc(-c4cccc(-c5cccnc5)c4)cc(-c4cccc(-c5cccnc5)c4)c3)c2)c1. The van der Waals surface area contributed by atoms with Gasteiger partial charge in [-0.1, -0.05) is 353 Å². The highest BCUT2D eigenvalue weighted by Gasteiger charge is 2.23. The third kappa shape index (κ3) is 19.7. The molecule has 0 saturated carbocycles. The average Bonchev–Trinajstić information content (AvgIpc) is 1.69. The molecule has 0 N–H and O–H groups in total. The predicted octanol–water partition coefficient (Wildman–Crippen LogP) is 34.3. The van der Waals surface area contributed by atoms with Gasteiger partial charge in [0.1, 0.15) is 7.00 Å². The van der Waals surface area contributed by atoms with Crippen molar-refractivity contribution in [2.75, 3.05) is 0 Å². The van der Waals surface area contributed by atoms with Crippen LogP contribution in [0.2, 0.25) is 6.82 Å². The standard InChI is InChI=1S/C45H29N5.C39H27N3.C26H20N2.C24H16N2.CH5BP/c1-4-14-30(15-5-1)43-46-44(31-16-6-2-7-17-31)48-45(47-43)50-40-23-13-11-21-36(40)38-29-33(25-27-42(38)50)32-24-26-41-37(28-32)35-20-10-12-22-39(35)49(41)34-18-8-3-9-19-34;1-7-28(34-13-4-16-40-25-34)19-31(10-1)37-22-38(32-11-2-8-29(20-32)35-14-5-17-41-26-35)24-39(23-37)33-12-3-9-30(21-33)36-15-6-18-42-27-36;1-17-15-23(19-9-5-3-6-10-19)21-13-14-22-24(20-11-7-4-8-12-20)16-18(2)28-26(22)25(21)27-17;1-3-7-17(8-4-1)19-13-15-25-23-21(19)11-12-22-20(14-16-26-24(22)23)18-9-5-2-6-10-18;1-2-3/h1-29H;1-27H;3-16H,1-2H3;1-16H;3H2,1H3. The van der Waals surface area contributed by atoms with E-state index in [1.54, 1.807) is 0 Å². The van der Waals surface area contributed by atoms with Crippen LogP contribution in [0.3, 0.4) is 0 Å². The van der Waals surface area contributed by atoms with Crippen LogP contribution in [0.25, 0.3) is 244 Å². The van der Waals surface area contributed by atoms with Gasteiger partial charge in [-0.2, -0.15) is 19.1 Å². The van der Waals surface area contributed by atoms with Crippen molar-refractivity contribution in [2.24, 2.45) is 0 Å². The van der Waals surface area contributed by atoms with Crippen LogP contribution in [0.5, 0.6) is 0 Å². The molecule has 149 heavy (non-hydrogen) atoms. The molecule has 1 radical (unpaired) electrons. The molecule has 17 aromatic carbocycles. The van der Waals surface area contributed by atoms with Crippen LogP contribution in [-0.4, -0.2) is 66.0 Å².